The van der Waals surface area contributed by atoms with E-state index in [1.807, 2.05) is 26.0 Å². The SMILES string of the molecule is CCN(CC)C(=O)c1ccc(NC(=O)CSc2nncn2-c2cccc(Cl)c2)cc1Cl. The van der Waals surface area contributed by atoms with Crippen LogP contribution in [0.2, 0.25) is 10.0 Å². The van der Waals surface area contributed by atoms with Crippen molar-refractivity contribution in [2.24, 2.45) is 0 Å². The normalized spacial score (nSPS) is 10.7. The first-order valence-corrected chi connectivity index (χ1v) is 11.3. The standard InChI is InChI=1S/C21H21Cl2N5O2S/c1-3-27(4-2)20(30)17-9-8-15(11-18(17)23)25-19(29)12-31-21-26-24-13-28(21)16-7-5-6-14(22)10-16/h5-11,13H,3-4,12H2,1-2H3,(H,25,29). The second-order valence-electron chi connectivity index (χ2n) is 6.47. The Morgan fingerprint density at radius 3 is 2.58 bits per heavy atom. The van der Waals surface area contributed by atoms with Crippen LogP contribution in [0.1, 0.15) is 24.2 Å². The lowest BCUT2D eigenvalue weighted by molar-refractivity contribution is -0.113. The van der Waals surface area contributed by atoms with Gasteiger partial charge in [-0.3, -0.25) is 14.2 Å². The van der Waals surface area contributed by atoms with Crippen LogP contribution < -0.4 is 5.32 Å². The number of rotatable bonds is 8. The van der Waals surface area contributed by atoms with E-state index >= 15 is 0 Å². The average Bonchev–Trinajstić information content (AvgIpc) is 3.22. The van der Waals surface area contributed by atoms with Crippen LogP contribution in [-0.2, 0) is 4.79 Å². The maximum absolute atomic E-state index is 12.5. The summed E-state index contributed by atoms with van der Waals surface area (Å²) < 4.78 is 1.76. The number of benzene rings is 2. The van der Waals surface area contributed by atoms with Gasteiger partial charge in [-0.2, -0.15) is 0 Å². The van der Waals surface area contributed by atoms with Gasteiger partial charge in [-0.25, -0.2) is 0 Å². The Kier molecular flexibility index (Phi) is 7.95. The zero-order chi connectivity index (χ0) is 22.4. The number of aromatic nitrogens is 3. The van der Waals surface area contributed by atoms with Crippen LogP contribution in [-0.4, -0.2) is 50.3 Å². The second-order valence-corrected chi connectivity index (χ2v) is 8.26. The molecule has 7 nitrogen and oxygen atoms in total. The molecular weight excluding hydrogens is 457 g/mol. The first-order chi connectivity index (χ1) is 14.9. The lowest BCUT2D eigenvalue weighted by atomic mass is 10.1. The Labute approximate surface area is 194 Å². The molecule has 2 amide bonds. The molecule has 0 spiro atoms. The molecular formula is C21H21Cl2N5O2S. The molecule has 3 aromatic rings. The fraction of sp³-hybridized carbons (Fsp3) is 0.238. The molecule has 0 atom stereocenters. The Morgan fingerprint density at radius 2 is 1.90 bits per heavy atom. The molecule has 162 valence electrons. The van der Waals surface area contributed by atoms with Crippen molar-refractivity contribution in [3.8, 4) is 5.69 Å². The van der Waals surface area contributed by atoms with Crippen LogP contribution in [0.3, 0.4) is 0 Å². The molecule has 0 bridgehead atoms. The van der Waals surface area contributed by atoms with Crippen LogP contribution >= 0.6 is 35.0 Å². The van der Waals surface area contributed by atoms with Crippen molar-refractivity contribution in [1.29, 1.82) is 0 Å². The van der Waals surface area contributed by atoms with Gasteiger partial charge < -0.3 is 10.2 Å². The Hall–Kier alpha value is -2.55. The van der Waals surface area contributed by atoms with Crippen LogP contribution in [0.25, 0.3) is 5.69 Å². The number of amides is 2. The van der Waals surface area contributed by atoms with Gasteiger partial charge in [0, 0.05) is 23.8 Å². The van der Waals surface area contributed by atoms with Gasteiger partial charge in [0.1, 0.15) is 6.33 Å². The van der Waals surface area contributed by atoms with E-state index in [1.165, 1.54) is 11.8 Å². The van der Waals surface area contributed by atoms with E-state index in [4.69, 9.17) is 23.2 Å². The van der Waals surface area contributed by atoms with Gasteiger partial charge in [0.2, 0.25) is 5.91 Å². The Bertz CT molecular complexity index is 1090. The molecule has 0 radical (unpaired) electrons. The third kappa shape index (κ3) is 5.78. The highest BCUT2D eigenvalue weighted by atomic mass is 35.5. The predicted octanol–water partition coefficient (Wildman–Crippen LogP) is 4.79. The summed E-state index contributed by atoms with van der Waals surface area (Å²) in [4.78, 5) is 26.6. The van der Waals surface area contributed by atoms with Crippen molar-refractivity contribution >= 4 is 52.5 Å². The van der Waals surface area contributed by atoms with Crippen molar-refractivity contribution in [3.63, 3.8) is 0 Å². The second kappa shape index (κ2) is 10.7. The van der Waals surface area contributed by atoms with Crippen LogP contribution in [0.5, 0.6) is 0 Å². The predicted molar refractivity (Wildman–Crippen MR) is 124 cm³/mol. The van der Waals surface area contributed by atoms with Crippen LogP contribution in [0.15, 0.2) is 53.9 Å². The number of carbonyl (C=O) groups is 2. The Morgan fingerprint density at radius 1 is 1.13 bits per heavy atom. The number of carbonyl (C=O) groups excluding carboxylic acids is 2. The lowest BCUT2D eigenvalue weighted by Crippen LogP contribution is -2.30. The number of anilines is 1. The summed E-state index contributed by atoms with van der Waals surface area (Å²) >= 11 is 13.6. The van der Waals surface area contributed by atoms with Crippen LogP contribution in [0.4, 0.5) is 5.69 Å². The highest BCUT2D eigenvalue weighted by Gasteiger charge is 2.17. The van der Waals surface area contributed by atoms with Crippen LogP contribution in [0, 0.1) is 0 Å². The fourth-order valence-corrected chi connectivity index (χ4v) is 4.08. The molecule has 1 heterocycles. The highest BCUT2D eigenvalue weighted by Crippen LogP contribution is 2.24. The summed E-state index contributed by atoms with van der Waals surface area (Å²) in [7, 11) is 0. The van der Waals surface area contributed by atoms with E-state index in [0.29, 0.717) is 39.5 Å². The molecule has 2 aromatic carbocycles. The van der Waals surface area contributed by atoms with Gasteiger partial charge in [0.15, 0.2) is 5.16 Å². The third-order valence-corrected chi connectivity index (χ3v) is 5.96. The van der Waals surface area contributed by atoms with Gasteiger partial charge in [-0.05, 0) is 50.2 Å². The van der Waals surface area contributed by atoms with E-state index in [9.17, 15) is 9.59 Å². The van der Waals surface area contributed by atoms with Crippen molar-refractivity contribution in [1.82, 2.24) is 19.7 Å². The number of halogens is 2. The van der Waals surface area contributed by atoms with Gasteiger partial charge in [0.05, 0.1) is 22.0 Å². The van der Waals surface area contributed by atoms with Crippen molar-refractivity contribution in [2.45, 2.75) is 19.0 Å². The molecule has 0 aliphatic heterocycles. The average molecular weight is 478 g/mol. The number of nitrogens with one attached hydrogen (secondary N) is 1. The number of hydrogen-bond donors (Lipinski definition) is 1. The zero-order valence-electron chi connectivity index (χ0n) is 17.0. The molecule has 31 heavy (non-hydrogen) atoms. The molecule has 0 fully saturated rings. The summed E-state index contributed by atoms with van der Waals surface area (Å²) in [6, 6.07) is 12.1. The first kappa shape index (κ1) is 23.1. The summed E-state index contributed by atoms with van der Waals surface area (Å²) in [6.45, 7) is 5.02. The third-order valence-electron chi connectivity index (χ3n) is 4.47. The molecule has 0 unspecified atom stereocenters. The molecule has 0 aliphatic rings. The summed E-state index contributed by atoms with van der Waals surface area (Å²) in [5.41, 5.74) is 1.73. The Balaban J connectivity index is 1.63. The van der Waals surface area contributed by atoms with Crippen molar-refractivity contribution in [2.75, 3.05) is 24.2 Å². The smallest absolute Gasteiger partial charge is 0.255 e. The molecule has 1 aromatic heterocycles. The maximum Gasteiger partial charge on any atom is 0.255 e. The fourth-order valence-electron chi connectivity index (χ4n) is 2.90. The number of thioether (sulfide) groups is 1. The monoisotopic (exact) mass is 477 g/mol. The summed E-state index contributed by atoms with van der Waals surface area (Å²) in [5.74, 6) is -0.245. The number of hydrogen-bond acceptors (Lipinski definition) is 5. The van der Waals surface area contributed by atoms with E-state index in [-0.39, 0.29) is 17.6 Å². The van der Waals surface area contributed by atoms with Crippen molar-refractivity contribution < 1.29 is 9.59 Å². The van der Waals surface area contributed by atoms with Gasteiger partial charge >= 0.3 is 0 Å². The minimum Gasteiger partial charge on any atom is -0.339 e. The zero-order valence-corrected chi connectivity index (χ0v) is 19.3. The molecule has 3 rings (SSSR count). The molecule has 0 aliphatic carbocycles. The largest absolute Gasteiger partial charge is 0.339 e. The number of nitrogens with zero attached hydrogens (tertiary/aromatic N) is 4. The quantitative estimate of drug-likeness (QED) is 0.471. The molecule has 0 saturated heterocycles. The minimum atomic E-state index is -0.232. The van der Waals surface area contributed by atoms with E-state index in [2.05, 4.69) is 15.5 Å². The van der Waals surface area contributed by atoms with E-state index in [1.54, 1.807) is 46.1 Å². The first-order valence-electron chi connectivity index (χ1n) is 9.60. The lowest BCUT2D eigenvalue weighted by Gasteiger charge is -2.19. The van der Waals surface area contributed by atoms with Gasteiger partial charge in [0.25, 0.3) is 5.91 Å². The topological polar surface area (TPSA) is 80.1 Å². The minimum absolute atomic E-state index is 0.122. The summed E-state index contributed by atoms with van der Waals surface area (Å²) in [6.07, 6.45) is 1.57. The molecule has 10 heteroatoms. The molecule has 1 N–H and O–H groups in total. The van der Waals surface area contributed by atoms with Gasteiger partial charge in [-0.15, -0.1) is 10.2 Å². The van der Waals surface area contributed by atoms with Gasteiger partial charge in [-0.1, -0.05) is 41.0 Å². The highest BCUT2D eigenvalue weighted by molar-refractivity contribution is 7.99. The van der Waals surface area contributed by atoms with E-state index < -0.39 is 0 Å². The van der Waals surface area contributed by atoms with E-state index in [0.717, 1.165) is 5.69 Å². The van der Waals surface area contributed by atoms with Crippen molar-refractivity contribution in [3.05, 3.63) is 64.4 Å². The molecule has 0 saturated carbocycles. The summed E-state index contributed by atoms with van der Waals surface area (Å²) in [5, 5.41) is 12.2. The maximum atomic E-state index is 12.5.